The van der Waals surface area contributed by atoms with Gasteiger partial charge in [0.1, 0.15) is 11.9 Å². The monoisotopic (exact) mass is 257 g/mol. The molecule has 2 rings (SSSR count). The second-order valence-electron chi connectivity index (χ2n) is 4.81. The number of nitrogens with two attached hydrogens (primary N) is 1. The van der Waals surface area contributed by atoms with Crippen LogP contribution in [0.4, 0.5) is 5.69 Å². The molecule has 0 radical (unpaired) electrons. The van der Waals surface area contributed by atoms with Crippen LogP contribution in [0.1, 0.15) is 31.1 Å². The Bertz CT molecular complexity index is 552. The van der Waals surface area contributed by atoms with Gasteiger partial charge in [-0.2, -0.15) is 0 Å². The number of aliphatic hydroxyl groups is 1. The summed E-state index contributed by atoms with van der Waals surface area (Å²) in [7, 11) is 0. The number of rotatable bonds is 4. The summed E-state index contributed by atoms with van der Waals surface area (Å²) < 4.78 is 5.63. The van der Waals surface area contributed by atoms with Crippen LogP contribution in [0.3, 0.4) is 0 Å². The van der Waals surface area contributed by atoms with E-state index >= 15 is 0 Å². The number of aliphatic hydroxyl groups excluding tert-OH is 1. The minimum Gasteiger partial charge on any atom is -0.491 e. The number of ether oxygens (including phenoxy) is 1. The van der Waals surface area contributed by atoms with Crippen LogP contribution in [0.15, 0.2) is 48.5 Å². The summed E-state index contributed by atoms with van der Waals surface area (Å²) in [6.45, 7) is 3.95. The lowest BCUT2D eigenvalue weighted by molar-refractivity contribution is 0.216. The Labute approximate surface area is 113 Å². The predicted octanol–water partition coefficient (Wildman–Crippen LogP) is 3.14. The lowest BCUT2D eigenvalue weighted by Crippen LogP contribution is -2.06. The number of anilines is 1. The number of hydrogen-bond donors (Lipinski definition) is 2. The van der Waals surface area contributed by atoms with Gasteiger partial charge in [0.2, 0.25) is 0 Å². The van der Waals surface area contributed by atoms with Crippen LogP contribution in [0, 0.1) is 0 Å². The van der Waals surface area contributed by atoms with Gasteiger partial charge in [-0.1, -0.05) is 24.3 Å². The third-order valence-electron chi connectivity index (χ3n) is 2.77. The van der Waals surface area contributed by atoms with E-state index in [0.717, 1.165) is 16.9 Å². The van der Waals surface area contributed by atoms with E-state index in [9.17, 15) is 5.11 Å². The number of nitrogen functional groups attached to an aromatic ring is 1. The molecule has 1 atom stereocenters. The van der Waals surface area contributed by atoms with Crippen LogP contribution in [-0.4, -0.2) is 11.2 Å². The second-order valence-corrected chi connectivity index (χ2v) is 4.81. The van der Waals surface area contributed by atoms with Crippen molar-refractivity contribution in [3.05, 3.63) is 59.7 Å². The van der Waals surface area contributed by atoms with Gasteiger partial charge >= 0.3 is 0 Å². The molecule has 0 heterocycles. The van der Waals surface area contributed by atoms with Crippen LogP contribution in [0.5, 0.6) is 5.75 Å². The fraction of sp³-hybridized carbons (Fsp3) is 0.250. The maximum absolute atomic E-state index is 10.4. The molecular weight excluding hydrogens is 238 g/mol. The fourth-order valence-electron chi connectivity index (χ4n) is 1.95. The van der Waals surface area contributed by atoms with Crippen molar-refractivity contribution in [3.8, 4) is 5.75 Å². The minimum absolute atomic E-state index is 0.111. The minimum atomic E-state index is -0.695. The molecule has 0 saturated carbocycles. The molecule has 3 N–H and O–H groups in total. The van der Waals surface area contributed by atoms with Gasteiger partial charge in [0.25, 0.3) is 0 Å². The molecule has 0 aliphatic rings. The van der Waals surface area contributed by atoms with Crippen LogP contribution >= 0.6 is 0 Å². The molecule has 2 aromatic carbocycles. The third kappa shape index (κ3) is 3.48. The van der Waals surface area contributed by atoms with E-state index in [-0.39, 0.29) is 6.10 Å². The molecule has 0 amide bonds. The zero-order valence-electron chi connectivity index (χ0n) is 11.2. The Hall–Kier alpha value is -2.00. The van der Waals surface area contributed by atoms with E-state index in [2.05, 4.69) is 0 Å². The highest BCUT2D eigenvalue weighted by atomic mass is 16.5. The van der Waals surface area contributed by atoms with Gasteiger partial charge in [-0.25, -0.2) is 0 Å². The standard InChI is InChI=1S/C16H19NO2/c1-11(2)19-15-8-4-6-13(10-15)16(18)12-5-3-7-14(17)9-12/h3-11,16,18H,17H2,1-2H3. The average molecular weight is 257 g/mol. The molecular formula is C16H19NO2. The van der Waals surface area contributed by atoms with Crippen molar-refractivity contribution in [2.24, 2.45) is 0 Å². The average Bonchev–Trinajstić information content (AvgIpc) is 2.37. The van der Waals surface area contributed by atoms with Crippen LogP contribution in [0.25, 0.3) is 0 Å². The molecule has 3 nitrogen and oxygen atoms in total. The normalized spacial score (nSPS) is 12.4. The van der Waals surface area contributed by atoms with E-state index < -0.39 is 6.10 Å². The zero-order valence-corrected chi connectivity index (χ0v) is 11.2. The first-order valence-electron chi connectivity index (χ1n) is 6.36. The summed E-state index contributed by atoms with van der Waals surface area (Å²) in [5.41, 5.74) is 7.95. The van der Waals surface area contributed by atoms with Crippen molar-refractivity contribution in [2.45, 2.75) is 26.1 Å². The molecule has 19 heavy (non-hydrogen) atoms. The zero-order chi connectivity index (χ0) is 13.8. The Balaban J connectivity index is 2.26. The van der Waals surface area contributed by atoms with Gasteiger partial charge in [0.05, 0.1) is 6.10 Å². The van der Waals surface area contributed by atoms with Crippen molar-refractivity contribution < 1.29 is 9.84 Å². The summed E-state index contributed by atoms with van der Waals surface area (Å²) in [5.74, 6) is 0.760. The maximum atomic E-state index is 10.4. The predicted molar refractivity (Wildman–Crippen MR) is 77.1 cm³/mol. The van der Waals surface area contributed by atoms with E-state index in [1.165, 1.54) is 0 Å². The van der Waals surface area contributed by atoms with Crippen molar-refractivity contribution in [1.82, 2.24) is 0 Å². The molecule has 0 spiro atoms. The van der Waals surface area contributed by atoms with Gasteiger partial charge in [-0.15, -0.1) is 0 Å². The van der Waals surface area contributed by atoms with Crippen molar-refractivity contribution >= 4 is 5.69 Å². The molecule has 0 saturated heterocycles. The van der Waals surface area contributed by atoms with Crippen LogP contribution in [0.2, 0.25) is 0 Å². The lowest BCUT2D eigenvalue weighted by atomic mass is 10.0. The Morgan fingerprint density at radius 1 is 1.00 bits per heavy atom. The first-order valence-corrected chi connectivity index (χ1v) is 6.36. The first-order chi connectivity index (χ1) is 9.06. The van der Waals surface area contributed by atoms with Crippen molar-refractivity contribution in [2.75, 3.05) is 5.73 Å². The second kappa shape index (κ2) is 5.76. The summed E-state index contributed by atoms with van der Waals surface area (Å²) in [5, 5.41) is 10.4. The van der Waals surface area contributed by atoms with Gasteiger partial charge in [-0.05, 0) is 49.2 Å². The molecule has 0 aliphatic carbocycles. The van der Waals surface area contributed by atoms with E-state index in [4.69, 9.17) is 10.5 Å². The summed E-state index contributed by atoms with van der Waals surface area (Å²) in [4.78, 5) is 0. The van der Waals surface area contributed by atoms with Crippen molar-refractivity contribution in [1.29, 1.82) is 0 Å². The molecule has 3 heteroatoms. The molecule has 100 valence electrons. The summed E-state index contributed by atoms with van der Waals surface area (Å²) in [6, 6.07) is 14.8. The molecule has 1 unspecified atom stereocenters. The molecule has 0 bridgehead atoms. The molecule has 0 aromatic heterocycles. The van der Waals surface area contributed by atoms with Crippen LogP contribution in [-0.2, 0) is 0 Å². The van der Waals surface area contributed by atoms with Gasteiger partial charge in [0.15, 0.2) is 0 Å². The third-order valence-corrected chi connectivity index (χ3v) is 2.77. The molecule has 0 aliphatic heterocycles. The van der Waals surface area contributed by atoms with E-state index in [1.54, 1.807) is 12.1 Å². The highest BCUT2D eigenvalue weighted by Crippen LogP contribution is 2.26. The lowest BCUT2D eigenvalue weighted by Gasteiger charge is -2.15. The maximum Gasteiger partial charge on any atom is 0.120 e. The Morgan fingerprint density at radius 3 is 2.26 bits per heavy atom. The number of benzene rings is 2. The van der Waals surface area contributed by atoms with Crippen molar-refractivity contribution in [3.63, 3.8) is 0 Å². The molecule has 2 aromatic rings. The van der Waals surface area contributed by atoms with Gasteiger partial charge < -0.3 is 15.6 Å². The van der Waals surface area contributed by atoms with Gasteiger partial charge in [-0.3, -0.25) is 0 Å². The highest BCUT2D eigenvalue weighted by Gasteiger charge is 2.11. The largest absolute Gasteiger partial charge is 0.491 e. The van der Waals surface area contributed by atoms with E-state index in [1.807, 2.05) is 50.2 Å². The Kier molecular flexibility index (Phi) is 4.07. The summed E-state index contributed by atoms with van der Waals surface area (Å²) >= 11 is 0. The SMILES string of the molecule is CC(C)Oc1cccc(C(O)c2cccc(N)c2)c1. The fourth-order valence-corrected chi connectivity index (χ4v) is 1.95. The first kappa shape index (κ1) is 13.4. The van der Waals surface area contributed by atoms with Crippen LogP contribution < -0.4 is 10.5 Å². The smallest absolute Gasteiger partial charge is 0.120 e. The Morgan fingerprint density at radius 2 is 1.63 bits per heavy atom. The quantitative estimate of drug-likeness (QED) is 0.827. The molecule has 0 fully saturated rings. The van der Waals surface area contributed by atoms with Gasteiger partial charge in [0, 0.05) is 5.69 Å². The van der Waals surface area contributed by atoms with E-state index in [0.29, 0.717) is 5.69 Å². The highest BCUT2D eigenvalue weighted by molar-refractivity contribution is 5.44. The number of hydrogen-bond acceptors (Lipinski definition) is 3. The topological polar surface area (TPSA) is 55.5 Å². The summed E-state index contributed by atoms with van der Waals surface area (Å²) in [6.07, 6.45) is -0.584.